The van der Waals surface area contributed by atoms with Crippen molar-refractivity contribution >= 4 is 11.0 Å². The summed E-state index contributed by atoms with van der Waals surface area (Å²) in [7, 11) is 0. The minimum absolute atomic E-state index is 0.349. The minimum atomic E-state index is -0.349. The minimum Gasteiger partial charge on any atom is -0.349 e. The van der Waals surface area contributed by atoms with Crippen LogP contribution < -0.4 is 0 Å². The van der Waals surface area contributed by atoms with Gasteiger partial charge in [0.2, 0.25) is 0 Å². The molecule has 0 aliphatic rings. The maximum Gasteiger partial charge on any atom is 0.183 e. The Bertz CT molecular complexity index is 783. The molecule has 2 aromatic carbocycles. The fourth-order valence-electron chi connectivity index (χ4n) is 2.48. The van der Waals surface area contributed by atoms with Crippen LogP contribution in [-0.2, 0) is 9.47 Å². The zero-order valence-electron chi connectivity index (χ0n) is 13.4. The Kier molecular flexibility index (Phi) is 4.95. The van der Waals surface area contributed by atoms with Gasteiger partial charge in [0.15, 0.2) is 6.29 Å². The summed E-state index contributed by atoms with van der Waals surface area (Å²) >= 11 is 0. The van der Waals surface area contributed by atoms with Crippen LogP contribution in [0.4, 0.5) is 0 Å². The summed E-state index contributed by atoms with van der Waals surface area (Å²) in [5.74, 6) is 0. The highest BCUT2D eigenvalue weighted by atomic mass is 16.7. The van der Waals surface area contributed by atoms with Gasteiger partial charge in [-0.25, -0.2) is 4.98 Å². The van der Waals surface area contributed by atoms with E-state index in [0.29, 0.717) is 13.2 Å². The monoisotopic (exact) mass is 308 g/mol. The lowest BCUT2D eigenvalue weighted by Gasteiger charge is -2.17. The summed E-state index contributed by atoms with van der Waals surface area (Å²) in [6.07, 6.45) is 1.45. The van der Waals surface area contributed by atoms with Crippen LogP contribution >= 0.6 is 0 Å². The first-order valence-electron chi connectivity index (χ1n) is 7.87. The molecule has 0 radical (unpaired) electrons. The molecular weight excluding hydrogens is 288 g/mol. The van der Waals surface area contributed by atoms with Crippen LogP contribution in [0.15, 0.2) is 54.7 Å². The van der Waals surface area contributed by atoms with Crippen LogP contribution in [0.25, 0.3) is 22.3 Å². The third-order valence-corrected chi connectivity index (χ3v) is 3.54. The molecule has 3 aromatic rings. The molecular formula is C19H20N2O2. The van der Waals surface area contributed by atoms with Crippen molar-refractivity contribution in [2.75, 3.05) is 13.2 Å². The summed E-state index contributed by atoms with van der Waals surface area (Å²) in [6.45, 7) is 5.13. The molecule has 0 amide bonds. The second-order valence-electron chi connectivity index (χ2n) is 5.11. The van der Waals surface area contributed by atoms with E-state index in [1.165, 1.54) is 0 Å². The summed E-state index contributed by atoms with van der Waals surface area (Å²) in [5.41, 5.74) is 4.62. The number of fused-ring (bicyclic) bond motifs is 1. The normalized spacial score (nSPS) is 11.3. The summed E-state index contributed by atoms with van der Waals surface area (Å²) in [5, 5.41) is 0. The maximum atomic E-state index is 5.67. The standard InChI is InChI=1S/C19H20N2O2/c1-3-22-19(23-4-2)15-9-7-8-14(12-15)18-13-20-16-10-5-6-11-17(16)21-18/h5-13,19H,3-4H2,1-2H3. The van der Waals surface area contributed by atoms with E-state index in [9.17, 15) is 0 Å². The average Bonchev–Trinajstić information content (AvgIpc) is 2.61. The Balaban J connectivity index is 1.96. The number of ether oxygens (including phenoxy) is 2. The molecule has 4 nitrogen and oxygen atoms in total. The molecule has 0 saturated carbocycles. The number of rotatable bonds is 6. The third-order valence-electron chi connectivity index (χ3n) is 3.54. The van der Waals surface area contributed by atoms with Gasteiger partial charge in [-0.2, -0.15) is 0 Å². The van der Waals surface area contributed by atoms with Crippen LogP contribution in [0.3, 0.4) is 0 Å². The SMILES string of the molecule is CCOC(OCC)c1cccc(-c2cnc3ccccc3n2)c1. The highest BCUT2D eigenvalue weighted by molar-refractivity contribution is 5.76. The van der Waals surface area contributed by atoms with Gasteiger partial charge < -0.3 is 9.47 Å². The third kappa shape index (κ3) is 3.55. The number of hydrogen-bond acceptors (Lipinski definition) is 4. The number of benzene rings is 2. The topological polar surface area (TPSA) is 44.2 Å². The van der Waals surface area contributed by atoms with Crippen LogP contribution in [0.1, 0.15) is 25.7 Å². The van der Waals surface area contributed by atoms with Gasteiger partial charge in [-0.15, -0.1) is 0 Å². The van der Waals surface area contributed by atoms with Crippen molar-refractivity contribution in [2.45, 2.75) is 20.1 Å². The van der Waals surface area contributed by atoms with Crippen molar-refractivity contribution in [3.63, 3.8) is 0 Å². The van der Waals surface area contributed by atoms with E-state index < -0.39 is 0 Å². The van der Waals surface area contributed by atoms with E-state index in [4.69, 9.17) is 14.5 Å². The van der Waals surface area contributed by atoms with Crippen LogP contribution in [0, 0.1) is 0 Å². The molecule has 4 heteroatoms. The smallest absolute Gasteiger partial charge is 0.183 e. The fourth-order valence-corrected chi connectivity index (χ4v) is 2.48. The Morgan fingerprint density at radius 1 is 0.913 bits per heavy atom. The van der Waals surface area contributed by atoms with E-state index in [2.05, 4.69) is 11.1 Å². The summed E-state index contributed by atoms with van der Waals surface area (Å²) in [6, 6.07) is 15.9. The molecule has 0 aliphatic heterocycles. The van der Waals surface area contributed by atoms with Crippen molar-refractivity contribution in [1.29, 1.82) is 0 Å². The fraction of sp³-hybridized carbons (Fsp3) is 0.263. The van der Waals surface area contributed by atoms with Gasteiger partial charge in [0.1, 0.15) is 0 Å². The molecule has 0 atom stereocenters. The largest absolute Gasteiger partial charge is 0.349 e. The lowest BCUT2D eigenvalue weighted by Crippen LogP contribution is -2.08. The van der Waals surface area contributed by atoms with Gasteiger partial charge in [-0.1, -0.05) is 30.3 Å². The molecule has 3 rings (SSSR count). The quantitative estimate of drug-likeness (QED) is 0.634. The van der Waals surface area contributed by atoms with Gasteiger partial charge in [0.25, 0.3) is 0 Å². The molecule has 0 saturated heterocycles. The van der Waals surface area contributed by atoms with Gasteiger partial charge in [0, 0.05) is 24.3 Å². The van der Waals surface area contributed by atoms with E-state index in [-0.39, 0.29) is 6.29 Å². The van der Waals surface area contributed by atoms with Crippen LogP contribution in [0.5, 0.6) is 0 Å². The lowest BCUT2D eigenvalue weighted by molar-refractivity contribution is -0.140. The Morgan fingerprint density at radius 3 is 2.39 bits per heavy atom. The Labute approximate surface area is 136 Å². The van der Waals surface area contributed by atoms with Crippen molar-refractivity contribution in [1.82, 2.24) is 9.97 Å². The van der Waals surface area contributed by atoms with Crippen LogP contribution in [0.2, 0.25) is 0 Å². The number of para-hydroxylation sites is 2. The van der Waals surface area contributed by atoms with Gasteiger partial charge in [-0.3, -0.25) is 4.98 Å². The van der Waals surface area contributed by atoms with Crippen molar-refractivity contribution < 1.29 is 9.47 Å². The predicted molar refractivity (Wildman–Crippen MR) is 91.0 cm³/mol. The molecule has 23 heavy (non-hydrogen) atoms. The van der Waals surface area contributed by atoms with E-state index in [0.717, 1.165) is 27.9 Å². The first kappa shape index (κ1) is 15.6. The van der Waals surface area contributed by atoms with Crippen molar-refractivity contribution in [2.24, 2.45) is 0 Å². The molecule has 0 fully saturated rings. The molecule has 0 spiro atoms. The molecule has 0 aliphatic carbocycles. The molecule has 0 N–H and O–H groups in total. The molecule has 0 unspecified atom stereocenters. The second kappa shape index (κ2) is 7.31. The number of aromatic nitrogens is 2. The van der Waals surface area contributed by atoms with E-state index in [1.54, 1.807) is 6.20 Å². The van der Waals surface area contributed by atoms with Crippen molar-refractivity contribution in [3.8, 4) is 11.3 Å². The lowest BCUT2D eigenvalue weighted by atomic mass is 10.1. The zero-order chi connectivity index (χ0) is 16.1. The zero-order valence-corrected chi connectivity index (χ0v) is 13.4. The Morgan fingerprint density at radius 2 is 1.65 bits per heavy atom. The highest BCUT2D eigenvalue weighted by Gasteiger charge is 2.12. The number of nitrogens with zero attached hydrogens (tertiary/aromatic N) is 2. The van der Waals surface area contributed by atoms with E-state index in [1.807, 2.05) is 56.3 Å². The summed E-state index contributed by atoms with van der Waals surface area (Å²) in [4.78, 5) is 9.17. The summed E-state index contributed by atoms with van der Waals surface area (Å²) < 4.78 is 11.3. The maximum absolute atomic E-state index is 5.67. The van der Waals surface area contributed by atoms with Gasteiger partial charge >= 0.3 is 0 Å². The first-order valence-corrected chi connectivity index (χ1v) is 7.87. The molecule has 0 bridgehead atoms. The highest BCUT2D eigenvalue weighted by Crippen LogP contribution is 2.25. The van der Waals surface area contributed by atoms with Gasteiger partial charge in [0.05, 0.1) is 22.9 Å². The van der Waals surface area contributed by atoms with E-state index >= 15 is 0 Å². The average molecular weight is 308 g/mol. The van der Waals surface area contributed by atoms with Crippen LogP contribution in [-0.4, -0.2) is 23.2 Å². The number of hydrogen-bond donors (Lipinski definition) is 0. The molecule has 1 aromatic heterocycles. The van der Waals surface area contributed by atoms with Gasteiger partial charge in [-0.05, 0) is 32.0 Å². The molecule has 118 valence electrons. The first-order chi connectivity index (χ1) is 11.3. The predicted octanol–water partition coefficient (Wildman–Crippen LogP) is 4.37. The second-order valence-corrected chi connectivity index (χ2v) is 5.11. The molecule has 1 heterocycles. The van der Waals surface area contributed by atoms with Crippen molar-refractivity contribution in [3.05, 3.63) is 60.3 Å². The Hall–Kier alpha value is -2.30.